The van der Waals surface area contributed by atoms with Gasteiger partial charge in [-0.1, -0.05) is 18.2 Å². The summed E-state index contributed by atoms with van der Waals surface area (Å²) in [6.07, 6.45) is 0. The van der Waals surface area contributed by atoms with Crippen LogP contribution in [0.3, 0.4) is 0 Å². The highest BCUT2D eigenvalue weighted by atomic mass is 32.2. The van der Waals surface area contributed by atoms with Gasteiger partial charge < -0.3 is 9.80 Å². The third-order valence-electron chi connectivity index (χ3n) is 5.04. The van der Waals surface area contributed by atoms with Crippen LogP contribution < -0.4 is 4.90 Å². The maximum absolute atomic E-state index is 12.8. The lowest BCUT2D eigenvalue weighted by molar-refractivity contribution is -0.130. The standard InChI is InChI=1S/C21H24N4O3S/c1-2-23(19-6-4-3-5-7-19)17-21(26)24-12-14-25(15-13-24)29(27,28)20-10-8-18(16-22)9-11-20/h3-11H,2,12-15,17H2,1H3. The summed E-state index contributed by atoms with van der Waals surface area (Å²) in [7, 11) is -3.63. The molecule has 1 aliphatic heterocycles. The van der Waals surface area contributed by atoms with Crippen LogP contribution in [0.2, 0.25) is 0 Å². The summed E-state index contributed by atoms with van der Waals surface area (Å²) in [6, 6.07) is 17.6. The summed E-state index contributed by atoms with van der Waals surface area (Å²) in [4.78, 5) is 16.6. The Balaban J connectivity index is 1.60. The lowest BCUT2D eigenvalue weighted by Gasteiger charge is -2.35. The zero-order valence-electron chi connectivity index (χ0n) is 16.4. The number of likely N-dealkylation sites (N-methyl/N-ethyl adjacent to an activating group) is 1. The molecule has 2 aromatic rings. The number of carbonyl (C=O) groups is 1. The van der Waals surface area contributed by atoms with Crippen LogP contribution in [0, 0.1) is 11.3 Å². The van der Waals surface area contributed by atoms with Gasteiger partial charge in [0, 0.05) is 38.4 Å². The Morgan fingerprint density at radius 1 is 1.03 bits per heavy atom. The Morgan fingerprint density at radius 3 is 2.21 bits per heavy atom. The lowest BCUT2D eigenvalue weighted by Crippen LogP contribution is -2.52. The van der Waals surface area contributed by atoms with Crippen molar-refractivity contribution in [2.24, 2.45) is 0 Å². The monoisotopic (exact) mass is 412 g/mol. The summed E-state index contributed by atoms with van der Waals surface area (Å²) in [6.45, 7) is 4.21. The maximum Gasteiger partial charge on any atom is 0.243 e. The molecule has 2 aromatic carbocycles. The summed E-state index contributed by atoms with van der Waals surface area (Å²) in [5.74, 6) is -0.00822. The SMILES string of the molecule is CCN(CC(=O)N1CCN(S(=O)(=O)c2ccc(C#N)cc2)CC1)c1ccccc1. The van der Waals surface area contributed by atoms with E-state index >= 15 is 0 Å². The van der Waals surface area contributed by atoms with Crippen molar-refractivity contribution in [2.75, 3.05) is 44.2 Å². The van der Waals surface area contributed by atoms with Crippen LogP contribution in [0.25, 0.3) is 0 Å². The second-order valence-electron chi connectivity index (χ2n) is 6.77. The predicted molar refractivity (Wildman–Crippen MR) is 111 cm³/mol. The largest absolute Gasteiger partial charge is 0.362 e. The van der Waals surface area contributed by atoms with Gasteiger partial charge in [-0.2, -0.15) is 9.57 Å². The zero-order chi connectivity index (χ0) is 20.9. The Hall–Kier alpha value is -2.89. The minimum atomic E-state index is -3.63. The Morgan fingerprint density at radius 2 is 1.66 bits per heavy atom. The highest BCUT2D eigenvalue weighted by Gasteiger charge is 2.30. The van der Waals surface area contributed by atoms with Gasteiger partial charge in [-0.3, -0.25) is 4.79 Å². The van der Waals surface area contributed by atoms with Gasteiger partial charge in [0.25, 0.3) is 0 Å². The van der Waals surface area contributed by atoms with Gasteiger partial charge >= 0.3 is 0 Å². The van der Waals surface area contributed by atoms with E-state index < -0.39 is 10.0 Å². The van der Waals surface area contributed by atoms with Gasteiger partial charge in [-0.05, 0) is 43.3 Å². The first-order chi connectivity index (χ1) is 14.0. The van der Waals surface area contributed by atoms with Crippen LogP contribution in [0.5, 0.6) is 0 Å². The number of para-hydroxylation sites is 1. The predicted octanol–water partition coefficient (Wildman–Crippen LogP) is 1.92. The zero-order valence-corrected chi connectivity index (χ0v) is 17.2. The molecule has 7 nitrogen and oxygen atoms in total. The molecule has 1 aliphatic rings. The number of nitrogens with zero attached hydrogens (tertiary/aromatic N) is 4. The molecule has 0 saturated carbocycles. The lowest BCUT2D eigenvalue weighted by atomic mass is 10.2. The number of rotatable bonds is 6. The molecule has 1 saturated heterocycles. The Bertz CT molecular complexity index is 977. The molecule has 0 N–H and O–H groups in total. The fourth-order valence-corrected chi connectivity index (χ4v) is 4.74. The number of anilines is 1. The third kappa shape index (κ3) is 4.75. The molecule has 0 spiro atoms. The van der Waals surface area contributed by atoms with E-state index in [1.54, 1.807) is 4.90 Å². The quantitative estimate of drug-likeness (QED) is 0.724. The van der Waals surface area contributed by atoms with Crippen molar-refractivity contribution in [1.29, 1.82) is 5.26 Å². The van der Waals surface area contributed by atoms with E-state index in [4.69, 9.17) is 5.26 Å². The normalized spacial score (nSPS) is 15.0. The second kappa shape index (κ2) is 9.07. The second-order valence-corrected chi connectivity index (χ2v) is 8.71. The third-order valence-corrected chi connectivity index (χ3v) is 6.95. The summed E-state index contributed by atoms with van der Waals surface area (Å²) in [5.41, 5.74) is 1.41. The Labute approximate surface area is 171 Å². The molecule has 0 unspecified atom stereocenters. The van der Waals surface area contributed by atoms with Crippen molar-refractivity contribution in [1.82, 2.24) is 9.21 Å². The van der Waals surface area contributed by atoms with E-state index in [0.29, 0.717) is 25.2 Å². The number of sulfonamides is 1. The van der Waals surface area contributed by atoms with Crippen LogP contribution in [-0.4, -0.2) is 62.8 Å². The van der Waals surface area contributed by atoms with Crippen LogP contribution in [-0.2, 0) is 14.8 Å². The van der Waals surface area contributed by atoms with Gasteiger partial charge in [0.2, 0.25) is 15.9 Å². The van der Waals surface area contributed by atoms with Crippen molar-refractivity contribution < 1.29 is 13.2 Å². The number of hydrogen-bond acceptors (Lipinski definition) is 5. The number of benzene rings is 2. The maximum atomic E-state index is 12.8. The van der Waals surface area contributed by atoms with E-state index in [1.165, 1.54) is 28.6 Å². The molecular weight excluding hydrogens is 388 g/mol. The van der Waals surface area contributed by atoms with Gasteiger partial charge in [0.1, 0.15) is 0 Å². The van der Waals surface area contributed by atoms with E-state index in [-0.39, 0.29) is 30.4 Å². The van der Waals surface area contributed by atoms with Gasteiger partial charge in [-0.15, -0.1) is 0 Å². The highest BCUT2D eigenvalue weighted by molar-refractivity contribution is 7.89. The number of nitriles is 1. The Kier molecular flexibility index (Phi) is 6.52. The summed E-state index contributed by atoms with van der Waals surface area (Å²) >= 11 is 0. The minimum absolute atomic E-state index is 0.00822. The van der Waals surface area contributed by atoms with E-state index in [9.17, 15) is 13.2 Å². The van der Waals surface area contributed by atoms with Gasteiger partial charge in [0.15, 0.2) is 0 Å². The van der Waals surface area contributed by atoms with Crippen molar-refractivity contribution in [3.8, 4) is 6.07 Å². The van der Waals surface area contributed by atoms with E-state index in [0.717, 1.165) is 5.69 Å². The van der Waals surface area contributed by atoms with Crippen LogP contribution in [0.15, 0.2) is 59.5 Å². The molecule has 1 fully saturated rings. The molecule has 3 rings (SSSR count). The smallest absolute Gasteiger partial charge is 0.243 e. The number of amides is 1. The first-order valence-electron chi connectivity index (χ1n) is 9.54. The molecule has 8 heteroatoms. The number of carbonyl (C=O) groups excluding carboxylic acids is 1. The van der Waals surface area contributed by atoms with Gasteiger partial charge in [0.05, 0.1) is 23.1 Å². The van der Waals surface area contributed by atoms with Crippen molar-refractivity contribution in [2.45, 2.75) is 11.8 Å². The van der Waals surface area contributed by atoms with Crippen molar-refractivity contribution >= 4 is 21.6 Å². The average Bonchev–Trinajstić information content (AvgIpc) is 2.78. The molecule has 152 valence electrons. The fourth-order valence-electron chi connectivity index (χ4n) is 3.32. The highest BCUT2D eigenvalue weighted by Crippen LogP contribution is 2.19. The molecule has 1 heterocycles. The molecule has 0 radical (unpaired) electrons. The van der Waals surface area contributed by atoms with E-state index in [2.05, 4.69) is 0 Å². The number of piperazine rings is 1. The first-order valence-corrected chi connectivity index (χ1v) is 11.0. The van der Waals surface area contributed by atoms with Crippen LogP contribution >= 0.6 is 0 Å². The molecule has 29 heavy (non-hydrogen) atoms. The minimum Gasteiger partial charge on any atom is -0.362 e. The van der Waals surface area contributed by atoms with E-state index in [1.807, 2.05) is 48.2 Å². The number of hydrogen-bond donors (Lipinski definition) is 0. The average molecular weight is 413 g/mol. The molecule has 0 atom stereocenters. The van der Waals surface area contributed by atoms with Crippen LogP contribution in [0.1, 0.15) is 12.5 Å². The summed E-state index contributed by atoms with van der Waals surface area (Å²) < 4.78 is 27.0. The van der Waals surface area contributed by atoms with Crippen molar-refractivity contribution in [3.63, 3.8) is 0 Å². The molecule has 1 amide bonds. The molecule has 0 aliphatic carbocycles. The van der Waals surface area contributed by atoms with Crippen molar-refractivity contribution in [3.05, 3.63) is 60.2 Å². The fraction of sp³-hybridized carbons (Fsp3) is 0.333. The summed E-state index contributed by atoms with van der Waals surface area (Å²) in [5, 5.41) is 8.86. The molecule has 0 bridgehead atoms. The van der Waals surface area contributed by atoms with Gasteiger partial charge in [-0.25, -0.2) is 8.42 Å². The first kappa shape index (κ1) is 20.8. The topological polar surface area (TPSA) is 84.7 Å². The molecule has 0 aromatic heterocycles. The van der Waals surface area contributed by atoms with Crippen LogP contribution in [0.4, 0.5) is 5.69 Å². The molecular formula is C21H24N4O3S.